The zero-order valence-corrected chi connectivity index (χ0v) is 19.4. The predicted molar refractivity (Wildman–Crippen MR) is 117 cm³/mol. The lowest BCUT2D eigenvalue weighted by Crippen LogP contribution is -2.31. The third-order valence-corrected chi connectivity index (χ3v) is 4.75. The van der Waals surface area contributed by atoms with Crippen molar-refractivity contribution >= 4 is 29.6 Å². The number of nitrogens with one attached hydrogen (secondary N) is 2. The van der Waals surface area contributed by atoms with Gasteiger partial charge in [-0.15, -0.1) is 0 Å². The zero-order valence-electron chi connectivity index (χ0n) is 19.4. The summed E-state index contributed by atoms with van der Waals surface area (Å²) < 4.78 is 0. The average molecular weight is 475 g/mol. The molecule has 0 aliphatic rings. The molecule has 0 unspecified atom stereocenters. The number of amides is 4. The quantitative estimate of drug-likeness (QED) is 0.105. The van der Waals surface area contributed by atoms with Crippen LogP contribution in [0.1, 0.15) is 77.6 Å². The molecule has 5 N–H and O–H groups in total. The van der Waals surface area contributed by atoms with Gasteiger partial charge in [0.2, 0.25) is 23.6 Å². The number of nitrogens with zero attached hydrogens (tertiary/aromatic N) is 2. The van der Waals surface area contributed by atoms with Crippen LogP contribution in [0.25, 0.3) is 0 Å². The summed E-state index contributed by atoms with van der Waals surface area (Å²) in [4.78, 5) is 56.4. The number of unbranched alkanes of at least 4 members (excludes halogenated alkanes) is 4. The lowest BCUT2D eigenvalue weighted by Gasteiger charge is -2.15. The minimum Gasteiger partial charge on any atom is -0.481 e. The minimum atomic E-state index is -0.930. The van der Waals surface area contributed by atoms with Crippen LogP contribution in [0.3, 0.4) is 0 Å². The molecule has 0 aromatic rings. The van der Waals surface area contributed by atoms with E-state index >= 15 is 0 Å². The van der Waals surface area contributed by atoms with E-state index in [9.17, 15) is 34.4 Å². The molecule has 12 nitrogen and oxygen atoms in total. The second kappa shape index (κ2) is 18.8. The van der Waals surface area contributed by atoms with Gasteiger partial charge in [-0.05, 0) is 44.9 Å². The summed E-state index contributed by atoms with van der Waals surface area (Å²) in [6.45, 7) is 2.52. The molecule has 0 bridgehead atoms. The fourth-order valence-electron chi connectivity index (χ4n) is 2.79. The molecule has 33 heavy (non-hydrogen) atoms. The Balaban J connectivity index is 3.66. The highest BCUT2D eigenvalue weighted by molar-refractivity contribution is 5.83. The number of carbonyl (C=O) groups excluding carboxylic acids is 4. The van der Waals surface area contributed by atoms with Gasteiger partial charge in [0, 0.05) is 58.8 Å². The number of rotatable bonds is 19. The Bertz CT molecular complexity index is 629. The standard InChI is InChI=1S/C21H38N4O8/c1-17(26)24(32)15-6-2-4-14-23-19(28)11-12-20(29)25(33)16-7-3-5-13-22-18(27)9-8-10-21(30)31/h32-33H,2-16H2,1H3,(H,22,27)(H,23,28)(H,30,31). The first-order valence-electron chi connectivity index (χ1n) is 11.3. The molecule has 0 aliphatic heterocycles. The van der Waals surface area contributed by atoms with E-state index in [0.717, 1.165) is 6.42 Å². The van der Waals surface area contributed by atoms with E-state index in [4.69, 9.17) is 5.11 Å². The van der Waals surface area contributed by atoms with Crippen molar-refractivity contribution in [2.24, 2.45) is 0 Å². The summed E-state index contributed by atoms with van der Waals surface area (Å²) in [5.74, 6) is -2.37. The van der Waals surface area contributed by atoms with Crippen molar-refractivity contribution in [1.82, 2.24) is 20.8 Å². The van der Waals surface area contributed by atoms with Crippen LogP contribution >= 0.6 is 0 Å². The molecule has 0 fully saturated rings. The fourth-order valence-corrected chi connectivity index (χ4v) is 2.79. The first-order valence-corrected chi connectivity index (χ1v) is 11.3. The lowest BCUT2D eigenvalue weighted by molar-refractivity contribution is -0.166. The van der Waals surface area contributed by atoms with E-state index in [-0.39, 0.29) is 50.6 Å². The van der Waals surface area contributed by atoms with Gasteiger partial charge in [0.1, 0.15) is 0 Å². The molecule has 0 heterocycles. The van der Waals surface area contributed by atoms with E-state index in [1.54, 1.807) is 0 Å². The Morgan fingerprint density at radius 3 is 1.67 bits per heavy atom. The Morgan fingerprint density at radius 2 is 1.15 bits per heavy atom. The van der Waals surface area contributed by atoms with Crippen LogP contribution < -0.4 is 10.6 Å². The van der Waals surface area contributed by atoms with Crippen LogP contribution in [0.5, 0.6) is 0 Å². The molecule has 0 aromatic carbocycles. The Kier molecular flexibility index (Phi) is 17.2. The Labute approximate surface area is 194 Å². The van der Waals surface area contributed by atoms with Crippen molar-refractivity contribution in [2.75, 3.05) is 26.2 Å². The molecular formula is C21H38N4O8. The summed E-state index contributed by atoms with van der Waals surface area (Å²) in [5, 5.41) is 34.1. The van der Waals surface area contributed by atoms with Crippen molar-refractivity contribution in [1.29, 1.82) is 0 Å². The molecule has 0 aliphatic carbocycles. The molecule has 0 saturated heterocycles. The Hall–Kier alpha value is -2.73. The number of carbonyl (C=O) groups is 5. The second-order valence-corrected chi connectivity index (χ2v) is 7.73. The molecule has 190 valence electrons. The highest BCUT2D eigenvalue weighted by Gasteiger charge is 2.13. The maximum absolute atomic E-state index is 11.9. The predicted octanol–water partition coefficient (Wildman–Crippen LogP) is 1.05. The number of carboxylic acid groups (broad SMARTS) is 1. The average Bonchev–Trinajstić information content (AvgIpc) is 2.75. The molecule has 0 aromatic heterocycles. The monoisotopic (exact) mass is 474 g/mol. The van der Waals surface area contributed by atoms with Gasteiger partial charge in [-0.25, -0.2) is 10.1 Å². The third-order valence-electron chi connectivity index (χ3n) is 4.75. The molecule has 4 amide bonds. The van der Waals surface area contributed by atoms with Gasteiger partial charge < -0.3 is 15.7 Å². The highest BCUT2D eigenvalue weighted by atomic mass is 16.5. The van der Waals surface area contributed by atoms with E-state index in [1.807, 2.05) is 0 Å². The first kappa shape index (κ1) is 30.3. The SMILES string of the molecule is CC(=O)N(O)CCCCCNC(=O)CCC(=O)N(O)CCCCCNC(=O)CCCC(=O)O. The molecule has 0 atom stereocenters. The van der Waals surface area contributed by atoms with E-state index < -0.39 is 17.8 Å². The van der Waals surface area contributed by atoms with Gasteiger partial charge in [-0.3, -0.25) is 34.4 Å². The summed E-state index contributed by atoms with van der Waals surface area (Å²) in [6.07, 6.45) is 4.20. The van der Waals surface area contributed by atoms with E-state index in [1.165, 1.54) is 6.92 Å². The summed E-state index contributed by atoms with van der Waals surface area (Å²) in [6, 6.07) is 0. The number of hydrogen-bond acceptors (Lipinski definition) is 7. The fraction of sp³-hybridized carbons (Fsp3) is 0.762. The van der Waals surface area contributed by atoms with Crippen molar-refractivity contribution in [3.8, 4) is 0 Å². The van der Waals surface area contributed by atoms with Gasteiger partial charge >= 0.3 is 5.97 Å². The van der Waals surface area contributed by atoms with Crippen LogP contribution in [0.2, 0.25) is 0 Å². The number of aliphatic carboxylic acids is 1. The maximum Gasteiger partial charge on any atom is 0.303 e. The van der Waals surface area contributed by atoms with Crippen LogP contribution in [-0.4, -0.2) is 81.4 Å². The molecule has 0 saturated carbocycles. The Morgan fingerprint density at radius 1 is 0.636 bits per heavy atom. The third kappa shape index (κ3) is 18.5. The molecule has 0 radical (unpaired) electrons. The van der Waals surface area contributed by atoms with Crippen molar-refractivity contribution in [3.63, 3.8) is 0 Å². The second-order valence-electron chi connectivity index (χ2n) is 7.73. The zero-order chi connectivity index (χ0) is 25.1. The van der Waals surface area contributed by atoms with E-state index in [0.29, 0.717) is 61.7 Å². The summed E-state index contributed by atoms with van der Waals surface area (Å²) in [7, 11) is 0. The highest BCUT2D eigenvalue weighted by Crippen LogP contribution is 2.02. The van der Waals surface area contributed by atoms with E-state index in [2.05, 4.69) is 10.6 Å². The normalized spacial score (nSPS) is 10.4. The topological polar surface area (TPSA) is 177 Å². The number of hydrogen-bond donors (Lipinski definition) is 5. The molecular weight excluding hydrogens is 436 g/mol. The van der Waals surface area contributed by atoms with Crippen LogP contribution in [0.15, 0.2) is 0 Å². The van der Waals surface area contributed by atoms with Crippen molar-refractivity contribution < 1.29 is 39.5 Å². The first-order chi connectivity index (χ1) is 15.6. The van der Waals surface area contributed by atoms with Gasteiger partial charge in [0.15, 0.2) is 0 Å². The van der Waals surface area contributed by atoms with Crippen LogP contribution in [0, 0.1) is 0 Å². The maximum atomic E-state index is 11.9. The molecule has 0 spiro atoms. The molecule has 12 heteroatoms. The van der Waals surface area contributed by atoms with Crippen LogP contribution in [0.4, 0.5) is 0 Å². The van der Waals surface area contributed by atoms with Gasteiger partial charge in [-0.1, -0.05) is 0 Å². The molecule has 0 rings (SSSR count). The smallest absolute Gasteiger partial charge is 0.303 e. The largest absolute Gasteiger partial charge is 0.481 e. The van der Waals surface area contributed by atoms with Crippen molar-refractivity contribution in [3.05, 3.63) is 0 Å². The van der Waals surface area contributed by atoms with Gasteiger partial charge in [-0.2, -0.15) is 0 Å². The number of carboxylic acids is 1. The van der Waals surface area contributed by atoms with Crippen molar-refractivity contribution in [2.45, 2.75) is 77.6 Å². The van der Waals surface area contributed by atoms with Gasteiger partial charge in [0.05, 0.1) is 0 Å². The van der Waals surface area contributed by atoms with Gasteiger partial charge in [0.25, 0.3) is 0 Å². The summed E-state index contributed by atoms with van der Waals surface area (Å²) >= 11 is 0. The summed E-state index contributed by atoms with van der Waals surface area (Å²) in [5.41, 5.74) is 0. The minimum absolute atomic E-state index is 0.0292. The van der Waals surface area contributed by atoms with Crippen LogP contribution in [-0.2, 0) is 24.0 Å². The number of hydroxylamine groups is 4. The lowest BCUT2D eigenvalue weighted by atomic mass is 10.2.